The highest BCUT2D eigenvalue weighted by Crippen LogP contribution is 2.16. The van der Waals surface area contributed by atoms with Crippen LogP contribution in [-0.4, -0.2) is 23.7 Å². The fraction of sp³-hybridized carbons (Fsp3) is 0.417. The summed E-state index contributed by atoms with van der Waals surface area (Å²) in [7, 11) is 0. The lowest BCUT2D eigenvalue weighted by atomic mass is 10.1. The number of fused-ring (bicyclic) bond motifs is 1. The molecule has 2 rings (SSSR count). The Hall–Kier alpha value is -1.39. The number of aliphatic hydroxyl groups excluding tert-OH is 1. The molecule has 0 radical (unpaired) electrons. The molecule has 1 amide bonds. The van der Waals surface area contributed by atoms with E-state index < -0.39 is 6.10 Å². The van der Waals surface area contributed by atoms with Crippen molar-refractivity contribution >= 4 is 5.91 Å². The van der Waals surface area contributed by atoms with Gasteiger partial charge in [-0.05, 0) is 30.2 Å². The molecule has 0 saturated heterocycles. The van der Waals surface area contributed by atoms with Crippen molar-refractivity contribution in [3.05, 3.63) is 34.9 Å². The topological polar surface area (TPSA) is 61.4 Å². The molecule has 1 aliphatic rings. The first-order valence-electron chi connectivity index (χ1n) is 5.45. The van der Waals surface area contributed by atoms with Gasteiger partial charge in [0.2, 0.25) is 0 Å². The summed E-state index contributed by atoms with van der Waals surface area (Å²) in [6.07, 6.45) is -0.514. The van der Waals surface area contributed by atoms with E-state index in [4.69, 9.17) is 5.11 Å². The minimum Gasteiger partial charge on any atom is -0.392 e. The Balaban J connectivity index is 2.06. The van der Waals surface area contributed by atoms with E-state index in [1.165, 1.54) is 11.1 Å². The van der Waals surface area contributed by atoms with Gasteiger partial charge in [0.05, 0.1) is 6.10 Å². The smallest absolute Gasteiger partial charge is 0.251 e. The second-order valence-corrected chi connectivity index (χ2v) is 4.15. The summed E-state index contributed by atoms with van der Waals surface area (Å²) in [5.74, 6) is -0.129. The minimum absolute atomic E-state index is 0.129. The Kier molecular flexibility index (Phi) is 3.22. The van der Waals surface area contributed by atoms with E-state index >= 15 is 0 Å². The monoisotopic (exact) mass is 220 g/mol. The third-order valence-corrected chi connectivity index (χ3v) is 2.66. The van der Waals surface area contributed by atoms with Gasteiger partial charge in [-0.3, -0.25) is 4.79 Å². The van der Waals surface area contributed by atoms with E-state index in [2.05, 4.69) is 10.6 Å². The molecule has 1 aliphatic heterocycles. The first-order chi connectivity index (χ1) is 7.66. The first-order valence-corrected chi connectivity index (χ1v) is 5.45. The fourth-order valence-electron chi connectivity index (χ4n) is 1.78. The summed E-state index contributed by atoms with van der Waals surface area (Å²) in [5, 5.41) is 15.0. The van der Waals surface area contributed by atoms with Crippen LogP contribution < -0.4 is 10.6 Å². The van der Waals surface area contributed by atoms with Crippen molar-refractivity contribution in [2.75, 3.05) is 6.54 Å². The summed E-state index contributed by atoms with van der Waals surface area (Å²) < 4.78 is 0. The van der Waals surface area contributed by atoms with Crippen LogP contribution in [0, 0.1) is 0 Å². The average molecular weight is 220 g/mol. The molecule has 1 atom stereocenters. The lowest BCUT2D eigenvalue weighted by Gasteiger charge is -2.08. The zero-order valence-corrected chi connectivity index (χ0v) is 9.29. The molecule has 4 heteroatoms. The van der Waals surface area contributed by atoms with E-state index in [1.807, 2.05) is 18.2 Å². The highest BCUT2D eigenvalue weighted by Gasteiger charge is 2.13. The van der Waals surface area contributed by atoms with E-state index in [0.29, 0.717) is 5.56 Å². The van der Waals surface area contributed by atoms with Crippen LogP contribution in [0.1, 0.15) is 28.4 Å². The normalized spacial score (nSPS) is 15.6. The van der Waals surface area contributed by atoms with Gasteiger partial charge in [-0.2, -0.15) is 0 Å². The number of amides is 1. The number of hydrogen-bond acceptors (Lipinski definition) is 3. The summed E-state index contributed by atoms with van der Waals surface area (Å²) in [5.41, 5.74) is 3.10. The molecule has 0 fully saturated rings. The van der Waals surface area contributed by atoms with Crippen LogP contribution in [0.25, 0.3) is 0 Å². The van der Waals surface area contributed by atoms with Crippen LogP contribution in [0.5, 0.6) is 0 Å². The highest BCUT2D eigenvalue weighted by atomic mass is 16.3. The standard InChI is InChI=1S/C12H16N2O2/c1-8(15)5-14-12(16)9-2-3-10-6-13-7-11(10)4-9/h2-4,8,13,15H,5-7H2,1H3,(H,14,16)/t8-/m1/s1. The predicted molar refractivity (Wildman–Crippen MR) is 61.0 cm³/mol. The largest absolute Gasteiger partial charge is 0.392 e. The number of carbonyl (C=O) groups excluding carboxylic acids is 1. The maximum Gasteiger partial charge on any atom is 0.251 e. The molecular weight excluding hydrogens is 204 g/mol. The Morgan fingerprint density at radius 3 is 3.00 bits per heavy atom. The molecule has 0 bridgehead atoms. The number of aliphatic hydroxyl groups is 1. The molecular formula is C12H16N2O2. The van der Waals surface area contributed by atoms with Gasteiger partial charge in [-0.25, -0.2) is 0 Å². The number of carbonyl (C=O) groups is 1. The molecule has 3 N–H and O–H groups in total. The summed E-state index contributed by atoms with van der Waals surface area (Å²) >= 11 is 0. The Morgan fingerprint density at radius 2 is 2.25 bits per heavy atom. The van der Waals surface area contributed by atoms with Crippen LogP contribution in [0.3, 0.4) is 0 Å². The maximum atomic E-state index is 11.7. The zero-order chi connectivity index (χ0) is 11.5. The molecule has 1 aromatic rings. The van der Waals surface area contributed by atoms with Crippen molar-refractivity contribution in [1.29, 1.82) is 0 Å². The molecule has 86 valence electrons. The van der Waals surface area contributed by atoms with Crippen LogP contribution in [0.15, 0.2) is 18.2 Å². The fourth-order valence-corrected chi connectivity index (χ4v) is 1.78. The van der Waals surface area contributed by atoms with Crippen molar-refractivity contribution in [3.8, 4) is 0 Å². The number of nitrogens with one attached hydrogen (secondary N) is 2. The molecule has 0 spiro atoms. The van der Waals surface area contributed by atoms with Gasteiger partial charge in [0, 0.05) is 25.2 Å². The van der Waals surface area contributed by atoms with Crippen molar-refractivity contribution in [3.63, 3.8) is 0 Å². The van der Waals surface area contributed by atoms with Crippen LogP contribution in [0.2, 0.25) is 0 Å². The van der Waals surface area contributed by atoms with Gasteiger partial charge >= 0.3 is 0 Å². The second-order valence-electron chi connectivity index (χ2n) is 4.15. The molecule has 0 saturated carbocycles. The van der Waals surface area contributed by atoms with E-state index in [-0.39, 0.29) is 12.5 Å². The molecule has 0 aliphatic carbocycles. The van der Waals surface area contributed by atoms with Gasteiger partial charge in [0.15, 0.2) is 0 Å². The van der Waals surface area contributed by atoms with Crippen LogP contribution in [0.4, 0.5) is 0 Å². The lowest BCUT2D eigenvalue weighted by molar-refractivity contribution is 0.0924. The summed E-state index contributed by atoms with van der Waals surface area (Å²) in [4.78, 5) is 11.7. The molecule has 1 aromatic carbocycles. The Labute approximate surface area is 94.7 Å². The van der Waals surface area contributed by atoms with Gasteiger partial charge in [-0.1, -0.05) is 6.07 Å². The summed E-state index contributed by atoms with van der Waals surface area (Å²) in [6, 6.07) is 5.71. The number of benzene rings is 1. The third-order valence-electron chi connectivity index (χ3n) is 2.66. The first kappa shape index (κ1) is 11.1. The lowest BCUT2D eigenvalue weighted by Crippen LogP contribution is -2.30. The molecule has 0 unspecified atom stereocenters. The van der Waals surface area contributed by atoms with Crippen LogP contribution >= 0.6 is 0 Å². The van der Waals surface area contributed by atoms with E-state index in [9.17, 15) is 4.79 Å². The average Bonchev–Trinajstić information content (AvgIpc) is 2.72. The van der Waals surface area contributed by atoms with Crippen molar-refractivity contribution < 1.29 is 9.90 Å². The van der Waals surface area contributed by atoms with Gasteiger partial charge in [0.1, 0.15) is 0 Å². The van der Waals surface area contributed by atoms with Crippen molar-refractivity contribution in [1.82, 2.24) is 10.6 Å². The minimum atomic E-state index is -0.514. The Bertz CT molecular complexity index is 402. The number of rotatable bonds is 3. The zero-order valence-electron chi connectivity index (χ0n) is 9.29. The van der Waals surface area contributed by atoms with Gasteiger partial charge in [0.25, 0.3) is 5.91 Å². The van der Waals surface area contributed by atoms with Gasteiger partial charge in [-0.15, -0.1) is 0 Å². The van der Waals surface area contributed by atoms with Crippen molar-refractivity contribution in [2.45, 2.75) is 26.1 Å². The maximum absolute atomic E-state index is 11.7. The SMILES string of the molecule is C[C@@H](O)CNC(=O)c1ccc2c(c1)CNC2. The van der Waals surface area contributed by atoms with E-state index in [0.717, 1.165) is 13.1 Å². The van der Waals surface area contributed by atoms with Crippen LogP contribution in [-0.2, 0) is 13.1 Å². The molecule has 1 heterocycles. The quantitative estimate of drug-likeness (QED) is 0.691. The third kappa shape index (κ3) is 2.40. The van der Waals surface area contributed by atoms with Gasteiger partial charge < -0.3 is 15.7 Å². The Morgan fingerprint density at radius 1 is 1.50 bits per heavy atom. The highest BCUT2D eigenvalue weighted by molar-refractivity contribution is 5.94. The molecule has 0 aromatic heterocycles. The molecule has 16 heavy (non-hydrogen) atoms. The van der Waals surface area contributed by atoms with E-state index in [1.54, 1.807) is 6.92 Å². The summed E-state index contributed by atoms with van der Waals surface area (Å²) in [6.45, 7) is 3.64. The predicted octanol–water partition coefficient (Wildman–Crippen LogP) is 0.400. The molecule has 4 nitrogen and oxygen atoms in total. The second kappa shape index (κ2) is 4.63. The number of hydrogen-bond donors (Lipinski definition) is 3. The van der Waals surface area contributed by atoms with Crippen molar-refractivity contribution in [2.24, 2.45) is 0 Å².